The van der Waals surface area contributed by atoms with Gasteiger partial charge in [0.1, 0.15) is 17.5 Å². The van der Waals surface area contributed by atoms with Crippen molar-refractivity contribution >= 4 is 11.6 Å². The topological polar surface area (TPSA) is 35.0 Å². The van der Waals surface area contributed by atoms with Gasteiger partial charge in [0.2, 0.25) is 0 Å². The van der Waals surface area contributed by atoms with Gasteiger partial charge in [0.25, 0.3) is 0 Å². The number of ether oxygens (including phenoxy) is 1. The highest BCUT2D eigenvalue weighted by Gasteiger charge is 2.13. The molecule has 0 unspecified atom stereocenters. The molecule has 2 rings (SSSR count). The summed E-state index contributed by atoms with van der Waals surface area (Å²) < 4.78 is 5.69. The first-order valence-electron chi connectivity index (χ1n) is 6.58. The van der Waals surface area contributed by atoms with Gasteiger partial charge in [-0.15, -0.1) is 0 Å². The number of halogens is 1. The minimum Gasteiger partial charge on any atom is -0.486 e. The van der Waals surface area contributed by atoms with E-state index in [0.717, 1.165) is 11.4 Å². The number of benzene rings is 1. The average molecular weight is 291 g/mol. The van der Waals surface area contributed by atoms with E-state index in [9.17, 15) is 0 Å². The standard InChI is InChI=1S/C16H19ClN2O/c1-11-9-14(17)19-15(18-11)10-20-13-7-5-12(6-8-13)16(2,3)4/h5-9H,10H2,1-4H3. The molecule has 0 aliphatic carbocycles. The fourth-order valence-corrected chi connectivity index (χ4v) is 2.11. The molecule has 0 atom stereocenters. The van der Waals surface area contributed by atoms with Crippen LogP contribution in [0, 0.1) is 6.92 Å². The van der Waals surface area contributed by atoms with Crippen molar-refractivity contribution in [3.8, 4) is 5.75 Å². The summed E-state index contributed by atoms with van der Waals surface area (Å²) in [6, 6.07) is 9.83. The number of nitrogens with zero attached hydrogens (tertiary/aromatic N) is 2. The maximum absolute atomic E-state index is 5.90. The molecule has 20 heavy (non-hydrogen) atoms. The van der Waals surface area contributed by atoms with Crippen LogP contribution in [-0.2, 0) is 12.0 Å². The van der Waals surface area contributed by atoms with Crippen molar-refractivity contribution in [3.63, 3.8) is 0 Å². The van der Waals surface area contributed by atoms with Gasteiger partial charge in [-0.3, -0.25) is 0 Å². The maximum atomic E-state index is 5.90. The van der Waals surface area contributed by atoms with E-state index < -0.39 is 0 Å². The van der Waals surface area contributed by atoms with Crippen LogP contribution in [0.1, 0.15) is 37.9 Å². The summed E-state index contributed by atoms with van der Waals surface area (Å²) in [6.07, 6.45) is 0. The van der Waals surface area contributed by atoms with Crippen LogP contribution in [0.5, 0.6) is 5.75 Å². The number of hydrogen-bond acceptors (Lipinski definition) is 3. The van der Waals surface area contributed by atoms with Crippen LogP contribution in [0.4, 0.5) is 0 Å². The van der Waals surface area contributed by atoms with Crippen LogP contribution in [0.2, 0.25) is 5.15 Å². The zero-order valence-electron chi connectivity index (χ0n) is 12.3. The minimum absolute atomic E-state index is 0.145. The van der Waals surface area contributed by atoms with Crippen molar-refractivity contribution in [3.05, 3.63) is 52.6 Å². The molecule has 0 spiro atoms. The number of rotatable bonds is 3. The Balaban J connectivity index is 2.04. The Hall–Kier alpha value is -1.61. The molecule has 3 nitrogen and oxygen atoms in total. The highest BCUT2D eigenvalue weighted by atomic mass is 35.5. The molecule has 1 heterocycles. The molecule has 1 aromatic heterocycles. The third-order valence-corrected chi connectivity index (χ3v) is 3.15. The molecule has 0 N–H and O–H groups in total. The molecule has 0 saturated carbocycles. The predicted molar refractivity (Wildman–Crippen MR) is 81.3 cm³/mol. The molecule has 1 aromatic carbocycles. The SMILES string of the molecule is Cc1cc(Cl)nc(COc2ccc(C(C)(C)C)cc2)n1. The molecule has 0 fully saturated rings. The molecule has 4 heteroatoms. The zero-order valence-corrected chi connectivity index (χ0v) is 13.0. The Morgan fingerprint density at radius 2 is 1.75 bits per heavy atom. The fraction of sp³-hybridized carbons (Fsp3) is 0.375. The van der Waals surface area contributed by atoms with E-state index in [2.05, 4.69) is 42.9 Å². The van der Waals surface area contributed by atoms with Crippen LogP contribution in [0.3, 0.4) is 0 Å². The first kappa shape index (κ1) is 14.8. The second-order valence-electron chi connectivity index (χ2n) is 5.81. The van der Waals surface area contributed by atoms with E-state index in [4.69, 9.17) is 16.3 Å². The van der Waals surface area contributed by atoms with Crippen molar-refractivity contribution in [1.82, 2.24) is 9.97 Å². The summed E-state index contributed by atoms with van der Waals surface area (Å²) in [5, 5.41) is 0.444. The van der Waals surface area contributed by atoms with E-state index in [1.54, 1.807) is 6.07 Å². The molecule has 0 amide bonds. The van der Waals surface area contributed by atoms with Crippen molar-refractivity contribution < 1.29 is 4.74 Å². The van der Waals surface area contributed by atoms with Gasteiger partial charge in [-0.05, 0) is 36.1 Å². The smallest absolute Gasteiger partial charge is 0.167 e. The second kappa shape index (κ2) is 5.80. The summed E-state index contributed by atoms with van der Waals surface area (Å²) in [5.74, 6) is 1.40. The number of aromatic nitrogens is 2. The lowest BCUT2D eigenvalue weighted by Gasteiger charge is -2.19. The van der Waals surface area contributed by atoms with Gasteiger partial charge in [0.15, 0.2) is 5.82 Å². The van der Waals surface area contributed by atoms with Crippen LogP contribution < -0.4 is 4.74 Å². The largest absolute Gasteiger partial charge is 0.486 e. The summed E-state index contributed by atoms with van der Waals surface area (Å²) in [4.78, 5) is 8.42. The van der Waals surface area contributed by atoms with Crippen LogP contribution in [-0.4, -0.2) is 9.97 Å². The molecule has 0 aliphatic heterocycles. The molecular formula is C16H19ClN2O. The Morgan fingerprint density at radius 3 is 2.30 bits per heavy atom. The van der Waals surface area contributed by atoms with Crippen molar-refractivity contribution in [2.75, 3.05) is 0 Å². The van der Waals surface area contributed by atoms with Crippen molar-refractivity contribution in [2.24, 2.45) is 0 Å². The molecule has 0 bridgehead atoms. The van der Waals surface area contributed by atoms with Crippen molar-refractivity contribution in [1.29, 1.82) is 0 Å². The minimum atomic E-state index is 0.145. The molecule has 106 valence electrons. The van der Waals surface area contributed by atoms with Gasteiger partial charge >= 0.3 is 0 Å². The maximum Gasteiger partial charge on any atom is 0.167 e. The van der Waals surface area contributed by atoms with Gasteiger partial charge in [0.05, 0.1) is 0 Å². The molecule has 2 aromatic rings. The zero-order chi connectivity index (χ0) is 14.8. The van der Waals surface area contributed by atoms with E-state index in [0.29, 0.717) is 17.6 Å². The van der Waals surface area contributed by atoms with Crippen LogP contribution in [0.25, 0.3) is 0 Å². The van der Waals surface area contributed by atoms with Crippen molar-refractivity contribution in [2.45, 2.75) is 39.7 Å². The monoisotopic (exact) mass is 290 g/mol. The Bertz CT molecular complexity index is 568. The summed E-state index contributed by atoms with van der Waals surface area (Å²) in [5.41, 5.74) is 2.26. The van der Waals surface area contributed by atoms with Gasteiger partial charge in [-0.25, -0.2) is 9.97 Å². The van der Waals surface area contributed by atoms with E-state index in [1.165, 1.54) is 5.56 Å². The van der Waals surface area contributed by atoms with Gasteiger partial charge in [-0.2, -0.15) is 0 Å². The fourth-order valence-electron chi connectivity index (χ4n) is 1.85. The van der Waals surface area contributed by atoms with E-state index in [-0.39, 0.29) is 5.41 Å². The highest BCUT2D eigenvalue weighted by molar-refractivity contribution is 6.29. The summed E-state index contributed by atoms with van der Waals surface area (Å²) in [7, 11) is 0. The lowest BCUT2D eigenvalue weighted by molar-refractivity contribution is 0.295. The van der Waals surface area contributed by atoms with Crippen LogP contribution >= 0.6 is 11.6 Å². The number of hydrogen-bond donors (Lipinski definition) is 0. The second-order valence-corrected chi connectivity index (χ2v) is 6.20. The first-order chi connectivity index (χ1) is 9.34. The molecule has 0 aliphatic rings. The lowest BCUT2D eigenvalue weighted by atomic mass is 9.87. The predicted octanol–water partition coefficient (Wildman–Crippen LogP) is 4.31. The van der Waals surface area contributed by atoms with Gasteiger partial charge in [-0.1, -0.05) is 44.5 Å². The quantitative estimate of drug-likeness (QED) is 0.790. The van der Waals surface area contributed by atoms with Gasteiger partial charge in [0, 0.05) is 5.69 Å². The number of aryl methyl sites for hydroxylation is 1. The highest BCUT2D eigenvalue weighted by Crippen LogP contribution is 2.24. The van der Waals surface area contributed by atoms with Gasteiger partial charge < -0.3 is 4.74 Å². The molecule has 0 radical (unpaired) electrons. The van der Waals surface area contributed by atoms with Crippen LogP contribution in [0.15, 0.2) is 30.3 Å². The Morgan fingerprint density at radius 1 is 1.10 bits per heavy atom. The Labute approximate surface area is 125 Å². The normalized spacial score (nSPS) is 11.4. The van der Waals surface area contributed by atoms with E-state index in [1.807, 2.05) is 19.1 Å². The average Bonchev–Trinajstić information content (AvgIpc) is 2.35. The Kier molecular flexibility index (Phi) is 4.29. The lowest BCUT2D eigenvalue weighted by Crippen LogP contribution is -2.10. The third-order valence-electron chi connectivity index (χ3n) is 2.96. The van der Waals surface area contributed by atoms with E-state index >= 15 is 0 Å². The summed E-state index contributed by atoms with van der Waals surface area (Å²) >= 11 is 5.90. The first-order valence-corrected chi connectivity index (χ1v) is 6.96. The summed E-state index contributed by atoms with van der Waals surface area (Å²) in [6.45, 7) is 8.76. The molecule has 0 saturated heterocycles. The third kappa shape index (κ3) is 3.94. The molecular weight excluding hydrogens is 272 g/mol.